The molecule has 156 valence electrons. The molecule has 8 nitrogen and oxygen atoms in total. The number of benzene rings is 2. The molecule has 0 aliphatic carbocycles. The average molecular weight is 437 g/mol. The molecule has 0 bridgehead atoms. The van der Waals surface area contributed by atoms with E-state index in [1.54, 1.807) is 48.5 Å². The minimum absolute atomic E-state index is 0.206. The highest BCUT2D eigenvalue weighted by Crippen LogP contribution is 2.18. The maximum Gasteiger partial charge on any atom is 0.337 e. The van der Waals surface area contributed by atoms with E-state index in [1.807, 2.05) is 12.1 Å². The lowest BCUT2D eigenvalue weighted by Gasteiger charge is -2.01. The zero-order chi connectivity index (χ0) is 22.2. The van der Waals surface area contributed by atoms with Crippen molar-refractivity contribution in [1.29, 1.82) is 0 Å². The van der Waals surface area contributed by atoms with Crippen LogP contribution in [0.25, 0.3) is 22.5 Å². The van der Waals surface area contributed by atoms with Gasteiger partial charge >= 0.3 is 5.97 Å². The Labute approximate surface area is 181 Å². The van der Waals surface area contributed by atoms with E-state index in [0.717, 1.165) is 16.8 Å². The summed E-state index contributed by atoms with van der Waals surface area (Å²) in [5.74, 6) is -0.383. The van der Waals surface area contributed by atoms with Crippen LogP contribution < -0.4 is 11.1 Å². The van der Waals surface area contributed by atoms with Crippen molar-refractivity contribution < 1.29 is 9.53 Å². The smallest absolute Gasteiger partial charge is 0.337 e. The molecule has 0 atom stereocenters. The lowest BCUT2D eigenvalue weighted by molar-refractivity contribution is 0.0601. The Bertz CT molecular complexity index is 1240. The third-order valence-corrected chi connectivity index (χ3v) is 4.35. The van der Waals surface area contributed by atoms with Gasteiger partial charge in [-0.1, -0.05) is 35.9 Å². The highest BCUT2D eigenvalue weighted by atomic mass is 35.5. The van der Waals surface area contributed by atoms with E-state index in [-0.39, 0.29) is 17.1 Å². The number of rotatable bonds is 3. The van der Waals surface area contributed by atoms with E-state index in [0.29, 0.717) is 16.3 Å². The normalized spacial score (nSPS) is 10.0. The fourth-order valence-electron chi connectivity index (χ4n) is 2.53. The molecule has 9 heteroatoms. The maximum atomic E-state index is 11.2. The van der Waals surface area contributed by atoms with Crippen LogP contribution in [0.2, 0.25) is 5.02 Å². The number of methoxy groups -OCH3 is 1. The maximum absolute atomic E-state index is 11.2. The third-order valence-electron chi connectivity index (χ3n) is 4.10. The van der Waals surface area contributed by atoms with Gasteiger partial charge in [0, 0.05) is 28.3 Å². The number of aromatic amines is 2. The van der Waals surface area contributed by atoms with Crippen LogP contribution in [0, 0.1) is 0 Å². The van der Waals surface area contributed by atoms with Gasteiger partial charge in [0.1, 0.15) is 0 Å². The van der Waals surface area contributed by atoms with Gasteiger partial charge < -0.3 is 4.74 Å². The molecule has 0 unspecified atom stereocenters. The fraction of sp³-hybridized carbons (Fsp3) is 0.0455. The summed E-state index contributed by atoms with van der Waals surface area (Å²) in [5, 5.41) is 13.2. The lowest BCUT2D eigenvalue weighted by atomic mass is 10.1. The van der Waals surface area contributed by atoms with Gasteiger partial charge in [-0.15, -0.1) is 0 Å². The lowest BCUT2D eigenvalue weighted by Crippen LogP contribution is -2.05. The number of nitrogens with one attached hydrogen (secondary N) is 2. The molecule has 0 saturated heterocycles. The third kappa shape index (κ3) is 5.97. The second-order valence-electron chi connectivity index (χ2n) is 6.19. The van der Waals surface area contributed by atoms with E-state index in [2.05, 4.69) is 25.1 Å². The highest BCUT2D eigenvalue weighted by molar-refractivity contribution is 6.30. The van der Waals surface area contributed by atoms with Crippen molar-refractivity contribution in [3.05, 3.63) is 104 Å². The monoisotopic (exact) mass is 436 g/mol. The van der Waals surface area contributed by atoms with Crippen molar-refractivity contribution in [3.8, 4) is 22.5 Å². The molecular weight excluding hydrogens is 420 g/mol. The first-order valence-corrected chi connectivity index (χ1v) is 9.40. The fourth-order valence-corrected chi connectivity index (χ4v) is 2.65. The number of hydrogen-bond acceptors (Lipinski definition) is 6. The van der Waals surface area contributed by atoms with Crippen molar-refractivity contribution in [3.63, 3.8) is 0 Å². The first kappa shape index (κ1) is 21.7. The summed E-state index contributed by atoms with van der Waals surface area (Å²) in [6, 6.07) is 20.2. The Balaban J connectivity index is 0.000000179. The van der Waals surface area contributed by atoms with Crippen LogP contribution in [-0.2, 0) is 4.74 Å². The molecule has 2 heterocycles. The number of ether oxygens (including phenoxy) is 1. The molecule has 0 fully saturated rings. The molecule has 4 aromatic rings. The minimum atomic E-state index is -0.383. The number of nitrogens with zero attached hydrogens (tertiary/aromatic N) is 2. The molecule has 0 saturated carbocycles. The molecule has 2 N–H and O–H groups in total. The summed E-state index contributed by atoms with van der Waals surface area (Å²) in [6.07, 6.45) is 0. The standard InChI is InChI=1S/C12H10N2O3.C10H7ClN2O/c1-17-12(16)9-4-2-8(3-5-9)10-6-7-11(15)14-13-10;11-8-3-1-7(2-4-8)9-5-6-10(14)13-12-9/h2-7H,1H3,(H,14,15);1-6H,(H,13,14). The van der Waals surface area contributed by atoms with Gasteiger partial charge in [0.15, 0.2) is 0 Å². The van der Waals surface area contributed by atoms with Crippen LogP contribution in [0.5, 0.6) is 0 Å². The largest absolute Gasteiger partial charge is 0.465 e. The molecule has 0 radical (unpaired) electrons. The van der Waals surface area contributed by atoms with Crippen LogP contribution in [0.4, 0.5) is 0 Å². The molecular formula is C22H17ClN4O4. The highest BCUT2D eigenvalue weighted by Gasteiger charge is 2.05. The van der Waals surface area contributed by atoms with Gasteiger partial charge in [-0.25, -0.2) is 15.0 Å². The van der Waals surface area contributed by atoms with E-state index in [1.165, 1.54) is 19.2 Å². The van der Waals surface area contributed by atoms with Crippen LogP contribution in [0.1, 0.15) is 10.4 Å². The van der Waals surface area contributed by atoms with Gasteiger partial charge in [-0.2, -0.15) is 10.2 Å². The Morgan fingerprint density at radius 2 is 1.19 bits per heavy atom. The predicted octanol–water partition coefficient (Wildman–Crippen LogP) is 3.31. The zero-order valence-corrected chi connectivity index (χ0v) is 17.1. The molecule has 4 rings (SSSR count). The Morgan fingerprint density at radius 3 is 1.58 bits per heavy atom. The van der Waals surface area contributed by atoms with Gasteiger partial charge in [0.2, 0.25) is 0 Å². The Morgan fingerprint density at radius 1 is 0.742 bits per heavy atom. The van der Waals surface area contributed by atoms with Crippen molar-refractivity contribution in [2.45, 2.75) is 0 Å². The van der Waals surface area contributed by atoms with Crippen LogP contribution in [0.15, 0.2) is 82.4 Å². The van der Waals surface area contributed by atoms with E-state index >= 15 is 0 Å². The molecule has 0 aliphatic rings. The number of aromatic nitrogens is 4. The predicted molar refractivity (Wildman–Crippen MR) is 117 cm³/mol. The Hall–Kier alpha value is -4.04. The number of carbonyl (C=O) groups is 1. The topological polar surface area (TPSA) is 118 Å². The quantitative estimate of drug-likeness (QED) is 0.476. The van der Waals surface area contributed by atoms with Gasteiger partial charge in [-0.3, -0.25) is 9.59 Å². The van der Waals surface area contributed by atoms with Crippen molar-refractivity contribution in [1.82, 2.24) is 20.4 Å². The van der Waals surface area contributed by atoms with Crippen molar-refractivity contribution in [2.24, 2.45) is 0 Å². The molecule has 0 spiro atoms. The summed E-state index contributed by atoms with van der Waals surface area (Å²) < 4.78 is 4.60. The summed E-state index contributed by atoms with van der Waals surface area (Å²) >= 11 is 5.75. The van der Waals surface area contributed by atoms with E-state index in [4.69, 9.17) is 11.6 Å². The summed E-state index contributed by atoms with van der Waals surface area (Å²) in [7, 11) is 1.33. The van der Waals surface area contributed by atoms with Crippen molar-refractivity contribution in [2.75, 3.05) is 7.11 Å². The molecule has 0 aliphatic heterocycles. The number of halogens is 1. The summed E-state index contributed by atoms with van der Waals surface area (Å²) in [4.78, 5) is 32.8. The van der Waals surface area contributed by atoms with E-state index < -0.39 is 0 Å². The second-order valence-corrected chi connectivity index (χ2v) is 6.63. The van der Waals surface area contributed by atoms with Crippen LogP contribution in [-0.4, -0.2) is 33.5 Å². The van der Waals surface area contributed by atoms with Crippen LogP contribution in [0.3, 0.4) is 0 Å². The molecule has 2 aromatic carbocycles. The number of esters is 1. The average Bonchev–Trinajstić information content (AvgIpc) is 2.81. The Kier molecular flexibility index (Phi) is 7.08. The SMILES string of the molecule is COC(=O)c1ccc(-c2ccc(=O)[nH]n2)cc1.O=c1ccc(-c2ccc(Cl)cc2)n[nH]1. The number of hydrogen-bond donors (Lipinski definition) is 2. The van der Waals surface area contributed by atoms with E-state index in [9.17, 15) is 14.4 Å². The van der Waals surface area contributed by atoms with Gasteiger partial charge in [-0.05, 0) is 36.4 Å². The molecule has 2 aromatic heterocycles. The number of carbonyl (C=O) groups excluding carboxylic acids is 1. The van der Waals surface area contributed by atoms with Gasteiger partial charge in [0.25, 0.3) is 11.1 Å². The van der Waals surface area contributed by atoms with Crippen molar-refractivity contribution >= 4 is 17.6 Å². The number of H-pyrrole nitrogens is 2. The second kappa shape index (κ2) is 10.1. The molecule has 31 heavy (non-hydrogen) atoms. The molecule has 0 amide bonds. The zero-order valence-electron chi connectivity index (χ0n) is 16.3. The minimum Gasteiger partial charge on any atom is -0.465 e. The van der Waals surface area contributed by atoms with Gasteiger partial charge in [0.05, 0.1) is 24.1 Å². The first-order chi connectivity index (χ1) is 15.0. The first-order valence-electron chi connectivity index (χ1n) is 9.02. The summed E-state index contributed by atoms with van der Waals surface area (Å²) in [6.45, 7) is 0. The van der Waals surface area contributed by atoms with Crippen LogP contribution >= 0.6 is 11.6 Å². The summed E-state index contributed by atoms with van der Waals surface area (Å²) in [5.41, 5.74) is 3.12.